The number of nitrogens with one attached hydrogen (secondary N) is 1. The molecule has 1 atom stereocenters. The predicted octanol–water partition coefficient (Wildman–Crippen LogP) is 1.57. The molecule has 1 aromatic heterocycles. The molecule has 3 rings (SSSR count). The summed E-state index contributed by atoms with van der Waals surface area (Å²) in [4.78, 5) is 33.2. The van der Waals surface area contributed by atoms with Crippen LogP contribution in [0.2, 0.25) is 0 Å². The molecule has 2 aromatic rings. The Morgan fingerprint density at radius 1 is 1.15 bits per heavy atom. The molecule has 0 bridgehead atoms. The van der Waals surface area contributed by atoms with E-state index >= 15 is 0 Å². The number of hydrogen-bond donors (Lipinski definition) is 1. The first-order valence-electron chi connectivity index (χ1n) is 12.0. The highest BCUT2D eigenvalue weighted by atomic mass is 16.5. The number of aryl methyl sites for hydroxylation is 1. The van der Waals surface area contributed by atoms with Crippen LogP contribution in [0.25, 0.3) is 5.76 Å². The Bertz CT molecular complexity index is 1050. The molecule has 2 heterocycles. The number of pyridine rings is 1. The van der Waals surface area contributed by atoms with Crippen molar-refractivity contribution >= 4 is 17.4 Å². The molecule has 182 valence electrons. The van der Waals surface area contributed by atoms with E-state index in [-0.39, 0.29) is 5.57 Å². The van der Waals surface area contributed by atoms with Crippen LogP contribution in [0.15, 0.2) is 48.3 Å². The van der Waals surface area contributed by atoms with Gasteiger partial charge in [0.05, 0.1) is 38.8 Å². The van der Waals surface area contributed by atoms with Gasteiger partial charge >= 0.3 is 0 Å². The molecular weight excluding hydrogens is 430 g/mol. The van der Waals surface area contributed by atoms with E-state index < -0.39 is 23.5 Å². The molecule has 0 saturated carbocycles. The largest absolute Gasteiger partial charge is 0.872 e. The van der Waals surface area contributed by atoms with Crippen LogP contribution in [0.1, 0.15) is 50.4 Å². The summed E-state index contributed by atoms with van der Waals surface area (Å²) in [6.07, 6.45) is 3.23. The van der Waals surface area contributed by atoms with Gasteiger partial charge < -0.3 is 19.6 Å². The fourth-order valence-corrected chi connectivity index (χ4v) is 4.26. The number of amides is 1. The summed E-state index contributed by atoms with van der Waals surface area (Å²) in [5, 5.41) is 13.7. The van der Waals surface area contributed by atoms with Crippen molar-refractivity contribution in [1.82, 2.24) is 9.88 Å². The lowest BCUT2D eigenvalue weighted by Gasteiger charge is -2.28. The second-order valence-corrected chi connectivity index (χ2v) is 9.14. The van der Waals surface area contributed by atoms with Gasteiger partial charge in [-0.1, -0.05) is 25.7 Å². The molecule has 0 spiro atoms. The fourth-order valence-electron chi connectivity index (χ4n) is 4.26. The van der Waals surface area contributed by atoms with Crippen molar-refractivity contribution in [3.8, 4) is 5.75 Å². The summed E-state index contributed by atoms with van der Waals surface area (Å²) < 4.78 is 5.77. The zero-order valence-electron chi connectivity index (χ0n) is 20.8. The molecule has 1 N–H and O–H groups in total. The topological polar surface area (TPSA) is 87.0 Å². The minimum absolute atomic E-state index is 0.00435. The summed E-state index contributed by atoms with van der Waals surface area (Å²) in [6, 6.07) is 8.04. The van der Waals surface area contributed by atoms with Gasteiger partial charge in [-0.2, -0.15) is 0 Å². The number of ketones is 1. The van der Waals surface area contributed by atoms with E-state index in [0.29, 0.717) is 48.1 Å². The van der Waals surface area contributed by atoms with Crippen LogP contribution >= 0.6 is 0 Å². The smallest absolute Gasteiger partial charge is 0.295 e. The van der Waals surface area contributed by atoms with Crippen molar-refractivity contribution < 1.29 is 24.3 Å². The molecule has 0 radical (unpaired) electrons. The summed E-state index contributed by atoms with van der Waals surface area (Å²) in [5.74, 6) is -0.696. The molecule has 7 nitrogen and oxygen atoms in total. The van der Waals surface area contributed by atoms with Gasteiger partial charge in [0.2, 0.25) is 5.78 Å². The maximum absolute atomic E-state index is 13.7. The van der Waals surface area contributed by atoms with Crippen molar-refractivity contribution in [2.75, 3.05) is 32.8 Å². The lowest BCUT2D eigenvalue weighted by Crippen LogP contribution is -3.12. The van der Waals surface area contributed by atoms with E-state index in [4.69, 9.17) is 4.74 Å². The first kappa shape index (κ1) is 25.4. The number of aromatic nitrogens is 1. The lowest BCUT2D eigenvalue weighted by atomic mass is 9.94. The Labute approximate surface area is 202 Å². The van der Waals surface area contributed by atoms with Crippen LogP contribution in [0.3, 0.4) is 0 Å². The highest BCUT2D eigenvalue weighted by Crippen LogP contribution is 2.38. The van der Waals surface area contributed by atoms with Crippen molar-refractivity contribution in [2.24, 2.45) is 5.92 Å². The Hall–Kier alpha value is -3.19. The number of hydrogen-bond acceptors (Lipinski definition) is 5. The Morgan fingerprint density at radius 3 is 2.41 bits per heavy atom. The first-order chi connectivity index (χ1) is 16.3. The zero-order valence-corrected chi connectivity index (χ0v) is 20.8. The summed E-state index contributed by atoms with van der Waals surface area (Å²) in [7, 11) is 0. The standard InChI is InChI=1S/C27H35N3O4/c1-6-29(7-2)14-15-30-24(20-10-12-28-13-11-20)23(26(32)27(30)33)25(31)22-9-8-21(16-19(22)5)34-17-18(3)4/h8-13,16,18,24,31H,6-7,14-15,17H2,1-5H3. The number of carbonyl (C=O) groups is 2. The van der Waals surface area contributed by atoms with Crippen molar-refractivity contribution in [3.63, 3.8) is 0 Å². The third-order valence-electron chi connectivity index (χ3n) is 6.28. The molecular formula is C27H35N3O4. The lowest BCUT2D eigenvalue weighted by molar-refractivity contribution is -0.895. The SMILES string of the molecule is CC[NH+](CC)CCN1C(=O)C(=O)C(=C([O-])c2ccc(OCC(C)C)cc2C)C1c1ccncc1. The number of quaternary nitrogens is 1. The van der Waals surface area contributed by atoms with Gasteiger partial charge in [0.25, 0.3) is 5.91 Å². The summed E-state index contributed by atoms with van der Waals surface area (Å²) in [6.45, 7) is 13.7. The van der Waals surface area contributed by atoms with Gasteiger partial charge in [0, 0.05) is 18.0 Å². The number of nitrogens with zero attached hydrogens (tertiary/aromatic N) is 2. The quantitative estimate of drug-likeness (QED) is 0.327. The van der Waals surface area contributed by atoms with E-state index in [9.17, 15) is 14.7 Å². The zero-order chi connectivity index (χ0) is 24.8. The van der Waals surface area contributed by atoms with E-state index in [2.05, 4.69) is 32.7 Å². The Kier molecular flexibility index (Phi) is 8.45. The number of benzene rings is 1. The van der Waals surface area contributed by atoms with Gasteiger partial charge in [-0.3, -0.25) is 14.6 Å². The second kappa shape index (κ2) is 11.3. The number of Topliss-reactive ketones (excluding diaryl/α,β-unsaturated/α-hetero) is 1. The molecule has 1 unspecified atom stereocenters. The third-order valence-corrected chi connectivity index (χ3v) is 6.28. The van der Waals surface area contributed by atoms with E-state index in [1.807, 2.05) is 6.92 Å². The predicted molar refractivity (Wildman–Crippen MR) is 129 cm³/mol. The van der Waals surface area contributed by atoms with Crippen molar-refractivity contribution in [1.29, 1.82) is 0 Å². The molecule has 7 heteroatoms. The maximum atomic E-state index is 13.7. The maximum Gasteiger partial charge on any atom is 0.295 e. The molecule has 1 aliphatic rings. The number of likely N-dealkylation sites (N-methyl/N-ethyl adjacent to an activating group) is 1. The monoisotopic (exact) mass is 465 g/mol. The number of carbonyl (C=O) groups excluding carboxylic acids is 2. The minimum atomic E-state index is -0.721. The number of rotatable bonds is 10. The summed E-state index contributed by atoms with van der Waals surface area (Å²) >= 11 is 0. The van der Waals surface area contributed by atoms with E-state index in [1.54, 1.807) is 47.6 Å². The first-order valence-corrected chi connectivity index (χ1v) is 12.0. The Balaban J connectivity index is 2.03. The molecule has 1 fully saturated rings. The molecule has 0 aliphatic carbocycles. The van der Waals surface area contributed by atoms with Crippen LogP contribution < -0.4 is 14.7 Å². The average molecular weight is 466 g/mol. The molecule has 34 heavy (non-hydrogen) atoms. The molecule has 1 aromatic carbocycles. The van der Waals surface area contributed by atoms with Crippen LogP contribution in [0, 0.1) is 12.8 Å². The number of likely N-dealkylation sites (tertiary alicyclic amines) is 1. The molecule has 1 amide bonds. The van der Waals surface area contributed by atoms with Gasteiger partial charge in [0.15, 0.2) is 0 Å². The highest BCUT2D eigenvalue weighted by Gasteiger charge is 2.44. The highest BCUT2D eigenvalue weighted by molar-refractivity contribution is 6.46. The van der Waals surface area contributed by atoms with Gasteiger partial charge in [-0.25, -0.2) is 0 Å². The summed E-state index contributed by atoms with van der Waals surface area (Å²) in [5.41, 5.74) is 1.83. The van der Waals surface area contributed by atoms with Crippen molar-refractivity contribution in [3.05, 3.63) is 65.0 Å². The van der Waals surface area contributed by atoms with Gasteiger partial charge in [-0.15, -0.1) is 0 Å². The normalized spacial score (nSPS) is 17.7. The fraction of sp³-hybridized carbons (Fsp3) is 0.444. The van der Waals surface area contributed by atoms with Crippen LogP contribution in [0.4, 0.5) is 0 Å². The van der Waals surface area contributed by atoms with Gasteiger partial charge in [-0.05, 0) is 67.6 Å². The van der Waals surface area contributed by atoms with E-state index in [1.165, 1.54) is 4.90 Å². The van der Waals surface area contributed by atoms with E-state index in [0.717, 1.165) is 13.1 Å². The second-order valence-electron chi connectivity index (χ2n) is 9.14. The number of ether oxygens (including phenoxy) is 1. The van der Waals surface area contributed by atoms with Crippen molar-refractivity contribution in [2.45, 2.75) is 40.7 Å². The van der Waals surface area contributed by atoms with Crippen LogP contribution in [0.5, 0.6) is 5.75 Å². The van der Waals surface area contributed by atoms with Gasteiger partial charge in [0.1, 0.15) is 5.75 Å². The minimum Gasteiger partial charge on any atom is -0.872 e. The Morgan fingerprint density at radius 2 is 1.82 bits per heavy atom. The molecule has 1 aliphatic heterocycles. The molecule has 1 saturated heterocycles. The van der Waals surface area contributed by atoms with Crippen LogP contribution in [-0.2, 0) is 9.59 Å². The van der Waals surface area contributed by atoms with Crippen LogP contribution in [-0.4, -0.2) is 54.4 Å². The average Bonchev–Trinajstić information content (AvgIpc) is 3.08. The third kappa shape index (κ3) is 5.47.